The van der Waals surface area contributed by atoms with Crippen molar-refractivity contribution < 1.29 is 0 Å². The highest BCUT2D eigenvalue weighted by Crippen LogP contribution is 2.32. The number of anilines is 1. The molecule has 1 N–H and O–H groups in total. The van der Waals surface area contributed by atoms with Crippen LogP contribution in [0.2, 0.25) is 0 Å². The van der Waals surface area contributed by atoms with Crippen LogP contribution in [0.25, 0.3) is 0 Å². The Kier molecular flexibility index (Phi) is 5.64. The molecule has 3 heteroatoms. The van der Waals surface area contributed by atoms with E-state index in [1.165, 1.54) is 43.5 Å². The first kappa shape index (κ1) is 14.3. The minimum Gasteiger partial charge on any atom is -0.353 e. The van der Waals surface area contributed by atoms with Crippen LogP contribution in [0.3, 0.4) is 0 Å². The Bertz CT molecular complexity index is 374. The van der Waals surface area contributed by atoms with Crippen molar-refractivity contribution in [3.63, 3.8) is 0 Å². The Hall–Kier alpha value is -1.09. The summed E-state index contributed by atoms with van der Waals surface area (Å²) in [5, 5.41) is 3.50. The van der Waals surface area contributed by atoms with Crippen LogP contribution in [-0.4, -0.2) is 24.1 Å². The number of hydrogen-bond donors (Lipinski definition) is 1. The zero-order valence-corrected chi connectivity index (χ0v) is 12.4. The molecular formula is C16H27N3. The average molecular weight is 261 g/mol. The fraction of sp³-hybridized carbons (Fsp3) is 0.688. The van der Waals surface area contributed by atoms with E-state index in [-0.39, 0.29) is 0 Å². The number of nitrogens with one attached hydrogen (secondary N) is 1. The quantitative estimate of drug-likeness (QED) is 0.691. The highest BCUT2D eigenvalue weighted by atomic mass is 15.2. The van der Waals surface area contributed by atoms with Gasteiger partial charge in [-0.15, -0.1) is 0 Å². The molecule has 1 aliphatic carbocycles. The Labute approximate surface area is 117 Å². The third-order valence-corrected chi connectivity index (χ3v) is 3.62. The second-order valence-corrected chi connectivity index (χ2v) is 5.44. The number of nitrogens with zero attached hydrogens (tertiary/aromatic N) is 2. The molecule has 0 aromatic carbocycles. The second-order valence-electron chi connectivity index (χ2n) is 5.44. The first-order valence-electron chi connectivity index (χ1n) is 7.78. The minimum absolute atomic E-state index is 0.742. The summed E-state index contributed by atoms with van der Waals surface area (Å²) in [5.74, 6) is 1.21. The van der Waals surface area contributed by atoms with Crippen LogP contribution in [0.15, 0.2) is 18.3 Å². The molecule has 0 radical (unpaired) electrons. The molecule has 106 valence electrons. The van der Waals surface area contributed by atoms with Crippen LogP contribution in [0.5, 0.6) is 0 Å². The zero-order chi connectivity index (χ0) is 13.5. The van der Waals surface area contributed by atoms with Gasteiger partial charge in [-0.1, -0.05) is 26.3 Å². The lowest BCUT2D eigenvalue weighted by Crippen LogP contribution is -2.29. The van der Waals surface area contributed by atoms with Gasteiger partial charge in [0.1, 0.15) is 5.82 Å². The first-order chi connectivity index (χ1) is 9.36. The number of rotatable bonds is 9. The molecule has 0 unspecified atom stereocenters. The fourth-order valence-electron chi connectivity index (χ4n) is 2.40. The third kappa shape index (κ3) is 4.20. The van der Waals surface area contributed by atoms with Crippen molar-refractivity contribution in [2.75, 3.05) is 18.0 Å². The largest absolute Gasteiger partial charge is 0.353 e. The van der Waals surface area contributed by atoms with Crippen LogP contribution in [0, 0.1) is 0 Å². The van der Waals surface area contributed by atoms with Crippen molar-refractivity contribution in [3.05, 3.63) is 23.9 Å². The summed E-state index contributed by atoms with van der Waals surface area (Å²) in [5.41, 5.74) is 1.35. The molecule has 1 saturated carbocycles. The summed E-state index contributed by atoms with van der Waals surface area (Å²) in [6.45, 7) is 7.63. The SMILES string of the molecule is CCCCN(c1ncccc1CNCCC)C1CC1. The molecule has 1 fully saturated rings. The summed E-state index contributed by atoms with van der Waals surface area (Å²) in [6.07, 6.45) is 8.29. The van der Waals surface area contributed by atoms with Gasteiger partial charge in [0.2, 0.25) is 0 Å². The van der Waals surface area contributed by atoms with Crippen molar-refractivity contribution in [2.24, 2.45) is 0 Å². The van der Waals surface area contributed by atoms with Crippen LogP contribution in [-0.2, 0) is 6.54 Å². The first-order valence-corrected chi connectivity index (χ1v) is 7.78. The van der Waals surface area contributed by atoms with Gasteiger partial charge in [0.15, 0.2) is 0 Å². The molecule has 0 aliphatic heterocycles. The molecule has 1 heterocycles. The van der Waals surface area contributed by atoms with E-state index in [2.05, 4.69) is 41.2 Å². The maximum absolute atomic E-state index is 4.66. The van der Waals surface area contributed by atoms with E-state index < -0.39 is 0 Å². The molecule has 2 rings (SSSR count). The minimum atomic E-state index is 0.742. The average Bonchev–Trinajstić information content (AvgIpc) is 3.26. The summed E-state index contributed by atoms with van der Waals surface area (Å²) < 4.78 is 0. The Balaban J connectivity index is 2.06. The van der Waals surface area contributed by atoms with E-state index in [4.69, 9.17) is 0 Å². The van der Waals surface area contributed by atoms with E-state index in [9.17, 15) is 0 Å². The predicted molar refractivity (Wildman–Crippen MR) is 81.5 cm³/mol. The van der Waals surface area contributed by atoms with Crippen molar-refractivity contribution >= 4 is 5.82 Å². The van der Waals surface area contributed by atoms with E-state index >= 15 is 0 Å². The van der Waals surface area contributed by atoms with Crippen LogP contribution < -0.4 is 10.2 Å². The lowest BCUT2D eigenvalue weighted by Gasteiger charge is -2.25. The van der Waals surface area contributed by atoms with Crippen LogP contribution >= 0.6 is 0 Å². The summed E-state index contributed by atoms with van der Waals surface area (Å²) in [7, 11) is 0. The highest BCUT2D eigenvalue weighted by Gasteiger charge is 2.30. The van der Waals surface area contributed by atoms with Crippen molar-refractivity contribution in [1.82, 2.24) is 10.3 Å². The van der Waals surface area contributed by atoms with Gasteiger partial charge in [-0.2, -0.15) is 0 Å². The molecule has 1 aromatic heterocycles. The second kappa shape index (κ2) is 7.49. The molecular weight excluding hydrogens is 234 g/mol. The molecule has 19 heavy (non-hydrogen) atoms. The molecule has 0 saturated heterocycles. The lowest BCUT2D eigenvalue weighted by molar-refractivity contribution is 0.660. The lowest BCUT2D eigenvalue weighted by atomic mass is 10.2. The fourth-order valence-corrected chi connectivity index (χ4v) is 2.40. The highest BCUT2D eigenvalue weighted by molar-refractivity contribution is 5.48. The number of pyridine rings is 1. The number of aromatic nitrogens is 1. The van der Waals surface area contributed by atoms with E-state index in [1.807, 2.05) is 6.20 Å². The maximum Gasteiger partial charge on any atom is 0.133 e. The van der Waals surface area contributed by atoms with E-state index in [0.29, 0.717) is 0 Å². The molecule has 0 spiro atoms. The normalized spacial score (nSPS) is 14.6. The number of hydrogen-bond acceptors (Lipinski definition) is 3. The monoisotopic (exact) mass is 261 g/mol. The number of unbranched alkanes of at least 4 members (excludes halogenated alkanes) is 1. The van der Waals surface area contributed by atoms with E-state index in [0.717, 1.165) is 25.7 Å². The van der Waals surface area contributed by atoms with E-state index in [1.54, 1.807) is 0 Å². The summed E-state index contributed by atoms with van der Waals surface area (Å²) >= 11 is 0. The van der Waals surface area contributed by atoms with Crippen molar-refractivity contribution in [3.8, 4) is 0 Å². The zero-order valence-electron chi connectivity index (χ0n) is 12.4. The standard InChI is InChI=1S/C16H27N3/c1-3-5-12-19(15-8-9-15)16-14(7-6-11-18-16)13-17-10-4-2/h6-7,11,15,17H,3-5,8-10,12-13H2,1-2H3. The van der Waals surface area contributed by atoms with Gasteiger partial charge in [0.05, 0.1) is 0 Å². The van der Waals surface area contributed by atoms with Crippen molar-refractivity contribution in [2.45, 2.75) is 58.5 Å². The molecule has 0 bridgehead atoms. The summed E-state index contributed by atoms with van der Waals surface area (Å²) in [6, 6.07) is 5.01. The maximum atomic E-state index is 4.66. The Morgan fingerprint density at radius 1 is 1.32 bits per heavy atom. The Morgan fingerprint density at radius 3 is 2.84 bits per heavy atom. The van der Waals surface area contributed by atoms with Gasteiger partial charge in [-0.3, -0.25) is 0 Å². The van der Waals surface area contributed by atoms with Gasteiger partial charge in [-0.05, 0) is 38.3 Å². The third-order valence-electron chi connectivity index (χ3n) is 3.62. The summed E-state index contributed by atoms with van der Waals surface area (Å²) in [4.78, 5) is 7.19. The van der Waals surface area contributed by atoms with Crippen LogP contribution in [0.1, 0.15) is 51.5 Å². The van der Waals surface area contributed by atoms with Gasteiger partial charge in [-0.25, -0.2) is 4.98 Å². The molecule has 1 aromatic rings. The molecule has 1 aliphatic rings. The van der Waals surface area contributed by atoms with Gasteiger partial charge in [0, 0.05) is 30.9 Å². The predicted octanol–water partition coefficient (Wildman–Crippen LogP) is 3.35. The van der Waals surface area contributed by atoms with Crippen LogP contribution in [0.4, 0.5) is 5.82 Å². The van der Waals surface area contributed by atoms with Crippen molar-refractivity contribution in [1.29, 1.82) is 0 Å². The molecule has 0 atom stereocenters. The topological polar surface area (TPSA) is 28.2 Å². The smallest absolute Gasteiger partial charge is 0.133 e. The van der Waals surface area contributed by atoms with Gasteiger partial charge >= 0.3 is 0 Å². The molecule has 0 amide bonds. The molecule has 3 nitrogen and oxygen atoms in total. The van der Waals surface area contributed by atoms with Gasteiger partial charge in [0.25, 0.3) is 0 Å². The van der Waals surface area contributed by atoms with Gasteiger partial charge < -0.3 is 10.2 Å². The Morgan fingerprint density at radius 2 is 2.16 bits per heavy atom.